The van der Waals surface area contributed by atoms with E-state index in [1.807, 2.05) is 6.92 Å². The monoisotopic (exact) mass is 473 g/mol. The fraction of sp³-hybridized carbons (Fsp3) is 0.318. The van der Waals surface area contributed by atoms with Gasteiger partial charge in [-0.05, 0) is 30.7 Å². The van der Waals surface area contributed by atoms with E-state index in [1.54, 1.807) is 37.5 Å². The van der Waals surface area contributed by atoms with E-state index in [9.17, 15) is 13.2 Å². The summed E-state index contributed by atoms with van der Waals surface area (Å²) < 4.78 is 37.0. The summed E-state index contributed by atoms with van der Waals surface area (Å²) in [5.74, 6) is 0.631. The lowest BCUT2D eigenvalue weighted by Gasteiger charge is -2.20. The first-order chi connectivity index (χ1) is 15.7. The number of H-pyrrole nitrogens is 1. The Labute approximate surface area is 191 Å². The van der Waals surface area contributed by atoms with Crippen molar-refractivity contribution in [1.29, 1.82) is 0 Å². The van der Waals surface area contributed by atoms with Crippen LogP contribution in [-0.2, 0) is 9.84 Å². The first-order valence-corrected chi connectivity index (χ1v) is 12.2. The molecule has 3 N–H and O–H groups in total. The number of hydrogen-bond donors (Lipinski definition) is 2. The summed E-state index contributed by atoms with van der Waals surface area (Å²) in [4.78, 5) is 24.3. The van der Waals surface area contributed by atoms with E-state index in [4.69, 9.17) is 15.2 Å². The fourth-order valence-corrected chi connectivity index (χ4v) is 4.58. The molecule has 176 valence electrons. The number of imidazole rings is 1. The molecule has 3 rings (SSSR count). The number of aliphatic imine (C=N–C) groups is 1. The SMILES string of the molecule is CCOc1cc([C@H](CS(C)(=O)=O)n2c(=O)[nH]c3c(C(C=NC)=CN)ccnc32)ccc1OC. The van der Waals surface area contributed by atoms with E-state index in [0.717, 1.165) is 6.26 Å². The molecule has 2 aromatic heterocycles. The van der Waals surface area contributed by atoms with Crippen LogP contribution in [0.3, 0.4) is 0 Å². The number of pyridine rings is 1. The molecule has 0 aliphatic heterocycles. The smallest absolute Gasteiger partial charge is 0.328 e. The maximum atomic E-state index is 13.1. The van der Waals surface area contributed by atoms with Crippen molar-refractivity contribution in [1.82, 2.24) is 14.5 Å². The Morgan fingerprint density at radius 2 is 2.09 bits per heavy atom. The van der Waals surface area contributed by atoms with Gasteiger partial charge in [-0.3, -0.25) is 9.56 Å². The maximum absolute atomic E-state index is 13.1. The van der Waals surface area contributed by atoms with Crippen molar-refractivity contribution < 1.29 is 17.9 Å². The van der Waals surface area contributed by atoms with Crippen molar-refractivity contribution in [2.45, 2.75) is 13.0 Å². The highest BCUT2D eigenvalue weighted by Crippen LogP contribution is 2.33. The van der Waals surface area contributed by atoms with E-state index in [1.165, 1.54) is 24.1 Å². The zero-order chi connectivity index (χ0) is 24.2. The third kappa shape index (κ3) is 5.08. The molecular formula is C22H27N5O5S. The third-order valence-electron chi connectivity index (χ3n) is 5.01. The lowest BCUT2D eigenvalue weighted by atomic mass is 10.1. The van der Waals surface area contributed by atoms with Gasteiger partial charge in [0.15, 0.2) is 17.1 Å². The number of fused-ring (bicyclic) bond motifs is 1. The van der Waals surface area contributed by atoms with Crippen LogP contribution in [-0.4, -0.2) is 61.9 Å². The largest absolute Gasteiger partial charge is 0.493 e. The number of nitrogens with two attached hydrogens (primary N) is 1. The molecule has 0 amide bonds. The predicted molar refractivity (Wildman–Crippen MR) is 129 cm³/mol. The van der Waals surface area contributed by atoms with Crippen molar-refractivity contribution in [3.63, 3.8) is 0 Å². The predicted octanol–water partition coefficient (Wildman–Crippen LogP) is 1.77. The number of aromatic amines is 1. The molecule has 0 saturated heterocycles. The van der Waals surface area contributed by atoms with Gasteiger partial charge in [-0.15, -0.1) is 0 Å². The van der Waals surface area contributed by atoms with Crippen molar-refractivity contribution in [3.05, 3.63) is 58.3 Å². The Hall–Kier alpha value is -3.60. The molecule has 1 aromatic carbocycles. The van der Waals surface area contributed by atoms with Crippen molar-refractivity contribution in [2.75, 3.05) is 32.8 Å². The van der Waals surface area contributed by atoms with Crippen molar-refractivity contribution in [3.8, 4) is 11.5 Å². The van der Waals surface area contributed by atoms with Gasteiger partial charge in [-0.25, -0.2) is 18.2 Å². The summed E-state index contributed by atoms with van der Waals surface area (Å²) in [7, 11) is -0.364. The van der Waals surface area contributed by atoms with Gasteiger partial charge in [0, 0.05) is 43.1 Å². The highest BCUT2D eigenvalue weighted by atomic mass is 32.2. The average molecular weight is 474 g/mol. The number of ether oxygens (including phenoxy) is 2. The van der Waals surface area contributed by atoms with Crippen molar-refractivity contribution >= 4 is 32.8 Å². The lowest BCUT2D eigenvalue weighted by Crippen LogP contribution is -2.28. The number of allylic oxidation sites excluding steroid dienone is 1. The number of nitrogens with zero attached hydrogens (tertiary/aromatic N) is 3. The maximum Gasteiger partial charge on any atom is 0.328 e. The molecule has 3 aromatic rings. The average Bonchev–Trinajstić information content (AvgIpc) is 3.11. The van der Waals surface area contributed by atoms with Crippen LogP contribution in [0, 0.1) is 0 Å². The molecular weight excluding hydrogens is 446 g/mol. The number of hydrogen-bond acceptors (Lipinski definition) is 8. The van der Waals surface area contributed by atoms with Gasteiger partial charge in [0.1, 0.15) is 9.84 Å². The van der Waals surface area contributed by atoms with E-state index in [0.29, 0.717) is 46.0 Å². The lowest BCUT2D eigenvalue weighted by molar-refractivity contribution is 0.310. The van der Waals surface area contributed by atoms with Gasteiger partial charge >= 0.3 is 5.69 Å². The molecule has 33 heavy (non-hydrogen) atoms. The van der Waals surface area contributed by atoms with Gasteiger partial charge in [0.05, 0.1) is 31.0 Å². The first-order valence-electron chi connectivity index (χ1n) is 10.2. The number of methoxy groups -OCH3 is 1. The number of nitrogens with one attached hydrogen (secondary N) is 1. The molecule has 0 saturated carbocycles. The quantitative estimate of drug-likeness (QED) is 0.451. The fourth-order valence-electron chi connectivity index (χ4n) is 3.67. The molecule has 10 nitrogen and oxygen atoms in total. The summed E-state index contributed by atoms with van der Waals surface area (Å²) in [5.41, 5.74) is 7.74. The molecule has 0 spiro atoms. The minimum absolute atomic E-state index is 0.295. The molecule has 0 fully saturated rings. The van der Waals surface area contributed by atoms with Crippen LogP contribution in [0.2, 0.25) is 0 Å². The topological polar surface area (TPSA) is 142 Å². The second kappa shape index (κ2) is 9.90. The molecule has 0 radical (unpaired) electrons. The Kier molecular flexibility index (Phi) is 7.22. The second-order valence-corrected chi connectivity index (χ2v) is 9.50. The highest BCUT2D eigenvalue weighted by Gasteiger charge is 2.26. The zero-order valence-corrected chi connectivity index (χ0v) is 19.7. The molecule has 0 aliphatic rings. The normalized spacial score (nSPS) is 13.5. The molecule has 11 heteroatoms. The van der Waals surface area contributed by atoms with Crippen LogP contribution < -0.4 is 20.9 Å². The van der Waals surface area contributed by atoms with E-state index >= 15 is 0 Å². The van der Waals surface area contributed by atoms with Gasteiger partial charge in [0.2, 0.25) is 0 Å². The number of benzene rings is 1. The molecule has 1 atom stereocenters. The second-order valence-electron chi connectivity index (χ2n) is 7.32. The zero-order valence-electron chi connectivity index (χ0n) is 18.9. The Morgan fingerprint density at radius 1 is 1.33 bits per heavy atom. The van der Waals surface area contributed by atoms with Gasteiger partial charge in [0.25, 0.3) is 0 Å². The van der Waals surface area contributed by atoms with Crippen LogP contribution in [0.4, 0.5) is 0 Å². The number of rotatable bonds is 9. The van der Waals surface area contributed by atoms with Crippen LogP contribution in [0.25, 0.3) is 16.7 Å². The minimum atomic E-state index is -3.49. The minimum Gasteiger partial charge on any atom is -0.493 e. The van der Waals surface area contributed by atoms with Gasteiger partial charge in [-0.1, -0.05) is 6.07 Å². The van der Waals surface area contributed by atoms with Gasteiger partial charge in [-0.2, -0.15) is 0 Å². The summed E-state index contributed by atoms with van der Waals surface area (Å²) in [6.07, 6.45) is 5.60. The van der Waals surface area contributed by atoms with Gasteiger partial charge < -0.3 is 20.2 Å². The molecule has 0 bridgehead atoms. The summed E-state index contributed by atoms with van der Waals surface area (Å²) in [6.45, 7) is 2.22. The van der Waals surface area contributed by atoms with Crippen LogP contribution in [0.5, 0.6) is 11.5 Å². The number of aromatic nitrogens is 3. The Balaban J connectivity index is 2.29. The molecule has 0 aliphatic carbocycles. The standard InChI is InChI=1S/C22H27N5O5S/c1-5-32-19-10-14(6-7-18(19)31-3)17(13-33(4,29)30)27-21-20(26-22(27)28)16(8-9-25-21)15(11-23)12-24-2/h6-12,17H,5,13,23H2,1-4H3,(H,26,28)/t17-/m0/s1. The highest BCUT2D eigenvalue weighted by molar-refractivity contribution is 7.90. The van der Waals surface area contributed by atoms with Crippen LogP contribution in [0.15, 0.2) is 46.4 Å². The summed E-state index contributed by atoms with van der Waals surface area (Å²) in [5, 5.41) is 0. The van der Waals surface area contributed by atoms with Crippen LogP contribution >= 0.6 is 0 Å². The summed E-state index contributed by atoms with van der Waals surface area (Å²) >= 11 is 0. The van der Waals surface area contributed by atoms with Crippen molar-refractivity contribution in [2.24, 2.45) is 10.7 Å². The number of sulfone groups is 1. The van der Waals surface area contributed by atoms with E-state index in [2.05, 4.69) is 15.0 Å². The molecule has 0 unspecified atom stereocenters. The van der Waals surface area contributed by atoms with E-state index in [-0.39, 0.29) is 5.75 Å². The Morgan fingerprint density at radius 3 is 2.70 bits per heavy atom. The summed E-state index contributed by atoms with van der Waals surface area (Å²) in [6, 6.07) is 5.92. The Bertz CT molecular complexity index is 1370. The first kappa shape index (κ1) is 24.1. The van der Waals surface area contributed by atoms with E-state index < -0.39 is 21.6 Å². The molecule has 2 heterocycles. The van der Waals surface area contributed by atoms with Crippen LogP contribution in [0.1, 0.15) is 24.1 Å². The third-order valence-corrected chi connectivity index (χ3v) is 5.93.